The van der Waals surface area contributed by atoms with Gasteiger partial charge in [-0.25, -0.2) is 0 Å². The molecule has 62 valence electrons. The Hall–Kier alpha value is -1.51. The lowest BCUT2D eigenvalue weighted by atomic mass is 10.2. The Balaban J connectivity index is 2.78. The van der Waals surface area contributed by atoms with Crippen molar-refractivity contribution in [3.05, 3.63) is 24.4 Å². The van der Waals surface area contributed by atoms with Crippen LogP contribution in [0.25, 0.3) is 10.9 Å². The van der Waals surface area contributed by atoms with Crippen LogP contribution in [0.15, 0.2) is 24.4 Å². The average Bonchev–Trinajstić information content (AvgIpc) is 2.44. The maximum Gasteiger partial charge on any atom is 0.129 e. The van der Waals surface area contributed by atoms with Gasteiger partial charge in [-0.05, 0) is 12.1 Å². The van der Waals surface area contributed by atoms with E-state index in [1.54, 1.807) is 11.8 Å². The second-order valence-corrected chi connectivity index (χ2v) is 2.70. The predicted molar refractivity (Wildman–Crippen MR) is 47.3 cm³/mol. The van der Waals surface area contributed by atoms with Gasteiger partial charge < -0.3 is 4.74 Å². The molecule has 0 radical (unpaired) electrons. The first-order valence-electron chi connectivity index (χ1n) is 3.77. The number of fused-ring (bicyclic) bond motifs is 1. The van der Waals surface area contributed by atoms with Gasteiger partial charge in [0.1, 0.15) is 5.75 Å². The lowest BCUT2D eigenvalue weighted by Crippen LogP contribution is -1.84. The average molecular weight is 162 g/mol. The minimum absolute atomic E-state index is 0.876. The fraction of sp³-hybridized carbons (Fsp3) is 0.222. The van der Waals surface area contributed by atoms with E-state index >= 15 is 0 Å². The van der Waals surface area contributed by atoms with Crippen LogP contribution in [-0.4, -0.2) is 16.9 Å². The van der Waals surface area contributed by atoms with Crippen LogP contribution in [0.2, 0.25) is 0 Å². The summed E-state index contributed by atoms with van der Waals surface area (Å²) in [6, 6.07) is 5.84. The third-order valence-electron chi connectivity index (χ3n) is 1.84. The summed E-state index contributed by atoms with van der Waals surface area (Å²) < 4.78 is 6.97. The second-order valence-electron chi connectivity index (χ2n) is 2.70. The summed E-state index contributed by atoms with van der Waals surface area (Å²) >= 11 is 0. The zero-order valence-electron chi connectivity index (χ0n) is 7.11. The van der Waals surface area contributed by atoms with E-state index in [1.807, 2.05) is 31.4 Å². The molecular formula is C9H10N2O. The SMILES string of the molecule is COc1cccc2nn(C)cc12. The van der Waals surface area contributed by atoms with Crippen LogP contribution in [0.1, 0.15) is 0 Å². The first-order chi connectivity index (χ1) is 5.81. The van der Waals surface area contributed by atoms with E-state index < -0.39 is 0 Å². The van der Waals surface area contributed by atoms with Crippen molar-refractivity contribution < 1.29 is 4.74 Å². The molecule has 2 aromatic rings. The summed E-state index contributed by atoms with van der Waals surface area (Å²) in [7, 11) is 3.57. The molecule has 0 unspecified atom stereocenters. The summed E-state index contributed by atoms with van der Waals surface area (Å²) in [6.07, 6.45) is 1.95. The number of ether oxygens (including phenoxy) is 1. The first kappa shape index (κ1) is 7.16. The summed E-state index contributed by atoms with van der Waals surface area (Å²) in [5.74, 6) is 0.876. The van der Waals surface area contributed by atoms with Crippen LogP contribution in [0.3, 0.4) is 0 Å². The lowest BCUT2D eigenvalue weighted by molar-refractivity contribution is 0.420. The molecule has 1 aromatic carbocycles. The van der Waals surface area contributed by atoms with Gasteiger partial charge in [-0.1, -0.05) is 6.07 Å². The van der Waals surface area contributed by atoms with E-state index in [2.05, 4.69) is 5.10 Å². The molecule has 0 spiro atoms. The van der Waals surface area contributed by atoms with Crippen LogP contribution >= 0.6 is 0 Å². The van der Waals surface area contributed by atoms with E-state index in [1.165, 1.54) is 0 Å². The molecule has 0 saturated carbocycles. The Morgan fingerprint density at radius 2 is 2.25 bits per heavy atom. The zero-order valence-corrected chi connectivity index (χ0v) is 7.11. The number of methoxy groups -OCH3 is 1. The van der Waals surface area contributed by atoms with Gasteiger partial charge in [0.2, 0.25) is 0 Å². The Morgan fingerprint density at radius 1 is 1.42 bits per heavy atom. The minimum Gasteiger partial charge on any atom is -0.496 e. The van der Waals surface area contributed by atoms with Crippen LogP contribution in [0.4, 0.5) is 0 Å². The molecule has 0 amide bonds. The molecule has 0 aliphatic heterocycles. The quantitative estimate of drug-likeness (QED) is 0.636. The van der Waals surface area contributed by atoms with Gasteiger partial charge in [-0.2, -0.15) is 5.10 Å². The van der Waals surface area contributed by atoms with Gasteiger partial charge in [0.15, 0.2) is 0 Å². The molecule has 0 aliphatic carbocycles. The standard InChI is InChI=1S/C9H10N2O/c1-11-6-7-8(10-11)4-3-5-9(7)12-2/h3-6H,1-2H3. The number of hydrogen-bond donors (Lipinski definition) is 0. The molecule has 0 atom stereocenters. The van der Waals surface area contributed by atoms with Crippen molar-refractivity contribution in [1.29, 1.82) is 0 Å². The third-order valence-corrected chi connectivity index (χ3v) is 1.84. The second kappa shape index (κ2) is 2.52. The zero-order chi connectivity index (χ0) is 8.55. The predicted octanol–water partition coefficient (Wildman–Crippen LogP) is 1.58. The monoisotopic (exact) mass is 162 g/mol. The summed E-state index contributed by atoms with van der Waals surface area (Å²) in [6.45, 7) is 0. The molecule has 0 aliphatic rings. The largest absolute Gasteiger partial charge is 0.496 e. The topological polar surface area (TPSA) is 27.1 Å². The van der Waals surface area contributed by atoms with Crippen molar-refractivity contribution in [3.63, 3.8) is 0 Å². The molecule has 1 aromatic heterocycles. The van der Waals surface area contributed by atoms with Gasteiger partial charge in [-0.3, -0.25) is 4.68 Å². The van der Waals surface area contributed by atoms with Crippen molar-refractivity contribution in [3.8, 4) is 5.75 Å². The minimum atomic E-state index is 0.876. The Morgan fingerprint density at radius 3 is 3.00 bits per heavy atom. The van der Waals surface area contributed by atoms with Crippen LogP contribution < -0.4 is 4.74 Å². The number of hydrogen-bond acceptors (Lipinski definition) is 2. The molecule has 3 nitrogen and oxygen atoms in total. The van der Waals surface area contributed by atoms with Gasteiger partial charge in [0, 0.05) is 13.2 Å². The third kappa shape index (κ3) is 0.942. The number of nitrogens with zero attached hydrogens (tertiary/aromatic N) is 2. The fourth-order valence-electron chi connectivity index (χ4n) is 1.31. The van der Waals surface area contributed by atoms with Crippen molar-refractivity contribution in [2.75, 3.05) is 7.11 Å². The van der Waals surface area contributed by atoms with E-state index in [9.17, 15) is 0 Å². The summed E-state index contributed by atoms with van der Waals surface area (Å²) in [5.41, 5.74) is 0.969. The smallest absolute Gasteiger partial charge is 0.129 e. The van der Waals surface area contributed by atoms with E-state index in [0.717, 1.165) is 16.7 Å². The van der Waals surface area contributed by atoms with E-state index in [0.29, 0.717) is 0 Å². The molecule has 3 heteroatoms. The maximum absolute atomic E-state index is 5.19. The van der Waals surface area contributed by atoms with Crippen LogP contribution in [-0.2, 0) is 7.05 Å². The van der Waals surface area contributed by atoms with Gasteiger partial charge in [0.25, 0.3) is 0 Å². The van der Waals surface area contributed by atoms with Crippen LogP contribution in [0, 0.1) is 0 Å². The van der Waals surface area contributed by atoms with Crippen LogP contribution in [0.5, 0.6) is 5.75 Å². The highest BCUT2D eigenvalue weighted by Gasteiger charge is 2.02. The number of benzene rings is 1. The first-order valence-corrected chi connectivity index (χ1v) is 3.77. The lowest BCUT2D eigenvalue weighted by Gasteiger charge is -1.98. The van der Waals surface area contributed by atoms with Gasteiger partial charge >= 0.3 is 0 Å². The normalized spacial score (nSPS) is 10.5. The van der Waals surface area contributed by atoms with Crippen molar-refractivity contribution in [2.24, 2.45) is 7.05 Å². The highest BCUT2D eigenvalue weighted by molar-refractivity contribution is 5.84. The van der Waals surface area contributed by atoms with Gasteiger partial charge in [0.05, 0.1) is 18.0 Å². The summed E-state index contributed by atoms with van der Waals surface area (Å²) in [4.78, 5) is 0. The summed E-state index contributed by atoms with van der Waals surface area (Å²) in [5, 5.41) is 5.32. The molecule has 12 heavy (non-hydrogen) atoms. The van der Waals surface area contributed by atoms with Crippen molar-refractivity contribution in [2.45, 2.75) is 0 Å². The highest BCUT2D eigenvalue weighted by atomic mass is 16.5. The fourth-order valence-corrected chi connectivity index (χ4v) is 1.31. The Bertz CT molecular complexity index is 406. The number of aryl methyl sites for hydroxylation is 1. The van der Waals surface area contributed by atoms with Crippen molar-refractivity contribution in [1.82, 2.24) is 9.78 Å². The number of rotatable bonds is 1. The Kier molecular flexibility index (Phi) is 1.50. The van der Waals surface area contributed by atoms with E-state index in [-0.39, 0.29) is 0 Å². The van der Waals surface area contributed by atoms with Gasteiger partial charge in [-0.15, -0.1) is 0 Å². The molecular weight excluding hydrogens is 152 g/mol. The molecule has 0 bridgehead atoms. The Labute approximate surface area is 70.6 Å². The highest BCUT2D eigenvalue weighted by Crippen LogP contribution is 2.23. The number of aromatic nitrogens is 2. The molecule has 1 heterocycles. The molecule has 0 saturated heterocycles. The van der Waals surface area contributed by atoms with Crippen molar-refractivity contribution >= 4 is 10.9 Å². The van der Waals surface area contributed by atoms with E-state index in [4.69, 9.17) is 4.74 Å². The maximum atomic E-state index is 5.19. The molecule has 0 fully saturated rings. The molecule has 2 rings (SSSR count). The molecule has 0 N–H and O–H groups in total.